The summed E-state index contributed by atoms with van der Waals surface area (Å²) < 4.78 is 1.13. The van der Waals surface area contributed by atoms with Crippen molar-refractivity contribution in [3.63, 3.8) is 0 Å². The number of thioether (sulfide) groups is 1. The Morgan fingerprint density at radius 1 is 1.44 bits per heavy atom. The van der Waals surface area contributed by atoms with Gasteiger partial charge >= 0.3 is 0 Å². The maximum Gasteiger partial charge on any atom is 0.161 e. The van der Waals surface area contributed by atoms with Gasteiger partial charge in [0.1, 0.15) is 0 Å². The number of nitrogens with zero attached hydrogens (tertiary/aromatic N) is 1. The Balaban J connectivity index is 2.17. The third-order valence-corrected chi connectivity index (χ3v) is 4.98. The minimum Gasteiger partial charge on any atom is -0.335 e. The average molecular weight is 327 g/mol. The highest BCUT2D eigenvalue weighted by Crippen LogP contribution is 2.26. The Hall–Kier alpha value is -0.480. The van der Waals surface area contributed by atoms with Crippen molar-refractivity contribution < 1.29 is 0 Å². The molecule has 1 aromatic rings. The molecular formula is C14H19BrN2S. The van der Waals surface area contributed by atoms with E-state index in [9.17, 15) is 0 Å². The average Bonchev–Trinajstić information content (AvgIpc) is 2.36. The van der Waals surface area contributed by atoms with Crippen molar-refractivity contribution in [1.82, 2.24) is 0 Å². The van der Waals surface area contributed by atoms with Crippen LogP contribution in [0.2, 0.25) is 0 Å². The number of amidine groups is 1. The molecule has 0 spiro atoms. The number of rotatable bonds is 2. The van der Waals surface area contributed by atoms with Crippen LogP contribution in [0.15, 0.2) is 27.7 Å². The molecule has 0 aliphatic carbocycles. The third kappa shape index (κ3) is 3.29. The molecule has 1 aliphatic heterocycles. The zero-order valence-corrected chi connectivity index (χ0v) is 13.4. The maximum atomic E-state index is 4.71. The minimum atomic E-state index is 0.411. The lowest BCUT2D eigenvalue weighted by Crippen LogP contribution is -2.25. The summed E-state index contributed by atoms with van der Waals surface area (Å²) in [6.45, 7) is 6.62. The predicted molar refractivity (Wildman–Crippen MR) is 85.7 cm³/mol. The second-order valence-corrected chi connectivity index (χ2v) is 6.67. The number of aryl methyl sites for hydroxylation is 1. The molecular weight excluding hydrogens is 308 g/mol. The molecule has 0 bridgehead atoms. The van der Waals surface area contributed by atoms with Gasteiger partial charge in [-0.3, -0.25) is 4.99 Å². The number of halogens is 1. The summed E-state index contributed by atoms with van der Waals surface area (Å²) in [6.07, 6.45) is 1.02. The molecule has 1 N–H and O–H groups in total. The van der Waals surface area contributed by atoms with Crippen molar-refractivity contribution in [3.8, 4) is 0 Å². The van der Waals surface area contributed by atoms with Crippen LogP contribution >= 0.6 is 27.7 Å². The molecule has 1 heterocycles. The molecule has 2 atom stereocenters. The Labute approximate surface area is 122 Å². The second-order valence-electron chi connectivity index (χ2n) is 4.74. The van der Waals surface area contributed by atoms with Crippen molar-refractivity contribution in [2.75, 3.05) is 11.1 Å². The first-order valence-corrected chi connectivity index (χ1v) is 8.14. The van der Waals surface area contributed by atoms with Gasteiger partial charge in [-0.15, -0.1) is 0 Å². The molecule has 0 fully saturated rings. The third-order valence-electron chi connectivity index (χ3n) is 3.32. The van der Waals surface area contributed by atoms with Crippen molar-refractivity contribution >= 4 is 38.5 Å². The minimum absolute atomic E-state index is 0.411. The van der Waals surface area contributed by atoms with E-state index in [1.54, 1.807) is 0 Å². The highest BCUT2D eigenvalue weighted by Gasteiger charge is 2.19. The van der Waals surface area contributed by atoms with Crippen LogP contribution in [0.4, 0.5) is 5.69 Å². The number of hydrogen-bond acceptors (Lipinski definition) is 3. The fourth-order valence-corrected chi connectivity index (χ4v) is 3.39. The van der Waals surface area contributed by atoms with E-state index >= 15 is 0 Å². The van der Waals surface area contributed by atoms with Gasteiger partial charge in [-0.05, 0) is 43.0 Å². The molecule has 0 amide bonds. The van der Waals surface area contributed by atoms with Crippen molar-refractivity contribution in [2.24, 2.45) is 10.9 Å². The van der Waals surface area contributed by atoms with E-state index in [0.717, 1.165) is 21.8 Å². The van der Waals surface area contributed by atoms with Crippen LogP contribution in [0.5, 0.6) is 0 Å². The van der Waals surface area contributed by atoms with Gasteiger partial charge in [-0.2, -0.15) is 0 Å². The van der Waals surface area contributed by atoms with Gasteiger partial charge < -0.3 is 5.32 Å². The quantitative estimate of drug-likeness (QED) is 0.862. The molecule has 2 nitrogen and oxygen atoms in total. The largest absolute Gasteiger partial charge is 0.335 e. The topological polar surface area (TPSA) is 24.4 Å². The summed E-state index contributed by atoms with van der Waals surface area (Å²) >= 11 is 5.34. The van der Waals surface area contributed by atoms with Crippen molar-refractivity contribution in [3.05, 3.63) is 28.2 Å². The van der Waals surface area contributed by atoms with Crippen LogP contribution in [-0.4, -0.2) is 17.0 Å². The van der Waals surface area contributed by atoms with Gasteiger partial charge in [0.25, 0.3) is 0 Å². The molecule has 0 radical (unpaired) electrons. The molecule has 0 saturated carbocycles. The monoisotopic (exact) mass is 326 g/mol. The van der Waals surface area contributed by atoms with Crippen molar-refractivity contribution in [1.29, 1.82) is 0 Å². The number of nitrogens with one attached hydrogen (secondary N) is 1. The molecule has 2 unspecified atom stereocenters. The Kier molecular flexibility index (Phi) is 4.73. The number of hydrogen-bond donors (Lipinski definition) is 1. The Bertz CT molecular complexity index is 459. The summed E-state index contributed by atoms with van der Waals surface area (Å²) in [7, 11) is 0. The van der Waals surface area contributed by atoms with E-state index in [1.807, 2.05) is 11.8 Å². The predicted octanol–water partition coefficient (Wildman–Crippen LogP) is 4.55. The summed E-state index contributed by atoms with van der Waals surface area (Å²) in [5.41, 5.74) is 2.49. The molecule has 0 saturated heterocycles. The van der Waals surface area contributed by atoms with Crippen LogP contribution in [-0.2, 0) is 6.42 Å². The fraction of sp³-hybridized carbons (Fsp3) is 0.500. The van der Waals surface area contributed by atoms with Gasteiger partial charge in [0.15, 0.2) is 5.17 Å². The summed E-state index contributed by atoms with van der Waals surface area (Å²) in [6, 6.07) is 6.77. The van der Waals surface area contributed by atoms with Crippen LogP contribution in [0, 0.1) is 5.92 Å². The number of anilines is 1. The van der Waals surface area contributed by atoms with E-state index in [1.165, 1.54) is 11.3 Å². The van der Waals surface area contributed by atoms with Crippen LogP contribution < -0.4 is 5.32 Å². The zero-order valence-electron chi connectivity index (χ0n) is 11.0. The molecule has 2 rings (SSSR count). The van der Waals surface area contributed by atoms with Gasteiger partial charge in [0.05, 0.1) is 6.04 Å². The first-order chi connectivity index (χ1) is 8.60. The van der Waals surface area contributed by atoms with E-state index in [-0.39, 0.29) is 0 Å². The molecule has 98 valence electrons. The van der Waals surface area contributed by atoms with Crippen LogP contribution in [0.1, 0.15) is 26.3 Å². The second kappa shape index (κ2) is 6.11. The lowest BCUT2D eigenvalue weighted by molar-refractivity contribution is 0.537. The van der Waals surface area contributed by atoms with Crippen molar-refractivity contribution in [2.45, 2.75) is 33.2 Å². The lowest BCUT2D eigenvalue weighted by atomic mass is 10.1. The van der Waals surface area contributed by atoms with E-state index in [0.29, 0.717) is 12.0 Å². The number of benzene rings is 1. The first kappa shape index (κ1) is 13.9. The smallest absolute Gasteiger partial charge is 0.161 e. The van der Waals surface area contributed by atoms with E-state index < -0.39 is 0 Å². The summed E-state index contributed by atoms with van der Waals surface area (Å²) in [5, 5.41) is 4.52. The van der Waals surface area contributed by atoms with Gasteiger partial charge in [0.2, 0.25) is 0 Å². The van der Waals surface area contributed by atoms with Crippen LogP contribution in [0.25, 0.3) is 0 Å². The Morgan fingerprint density at radius 2 is 2.22 bits per heavy atom. The normalized spacial score (nSPS) is 23.7. The highest BCUT2D eigenvalue weighted by molar-refractivity contribution is 9.10. The van der Waals surface area contributed by atoms with E-state index in [2.05, 4.69) is 60.2 Å². The molecule has 1 aromatic carbocycles. The van der Waals surface area contributed by atoms with Gasteiger partial charge in [0, 0.05) is 15.9 Å². The molecule has 0 aromatic heterocycles. The molecule has 4 heteroatoms. The maximum absolute atomic E-state index is 4.71. The zero-order chi connectivity index (χ0) is 13.1. The molecule has 1 aliphatic rings. The fourth-order valence-electron chi connectivity index (χ4n) is 1.86. The summed E-state index contributed by atoms with van der Waals surface area (Å²) in [4.78, 5) is 4.71. The molecule has 18 heavy (non-hydrogen) atoms. The first-order valence-electron chi connectivity index (χ1n) is 6.36. The van der Waals surface area contributed by atoms with Gasteiger partial charge in [-0.25, -0.2) is 0 Å². The van der Waals surface area contributed by atoms with E-state index in [4.69, 9.17) is 4.99 Å². The summed E-state index contributed by atoms with van der Waals surface area (Å²) in [5.74, 6) is 1.81. The standard InChI is InChI=1S/C14H19BrN2S/c1-4-11-7-12(15)5-6-13(11)17-14-16-10(3)9(2)8-18-14/h5-7,9-10H,4,8H2,1-3H3,(H,16,17). The lowest BCUT2D eigenvalue weighted by Gasteiger charge is -2.24. The SMILES string of the molecule is CCc1cc(Br)ccc1NC1=NC(C)C(C)CS1. The van der Waals surface area contributed by atoms with Gasteiger partial charge in [-0.1, -0.05) is 41.5 Å². The van der Waals surface area contributed by atoms with Crippen LogP contribution in [0.3, 0.4) is 0 Å². The Morgan fingerprint density at radius 3 is 2.89 bits per heavy atom. The number of aliphatic imine (C=N–C) groups is 1. The highest BCUT2D eigenvalue weighted by atomic mass is 79.9.